The van der Waals surface area contributed by atoms with E-state index < -0.39 is 0 Å². The molecule has 0 aromatic heterocycles. The second kappa shape index (κ2) is 5.17. The topological polar surface area (TPSA) is 29.5 Å². The molecule has 0 atom stereocenters. The van der Waals surface area contributed by atoms with Gasteiger partial charge in [0.05, 0.1) is 12.7 Å². The molecule has 0 amide bonds. The monoisotopic (exact) mass is 287 g/mol. The Balaban J connectivity index is 1.85. The van der Waals surface area contributed by atoms with Crippen molar-refractivity contribution in [2.24, 2.45) is 0 Å². The molecule has 3 nitrogen and oxygen atoms in total. The molecule has 1 heterocycles. The van der Waals surface area contributed by atoms with Crippen molar-refractivity contribution in [1.29, 1.82) is 0 Å². The van der Waals surface area contributed by atoms with Gasteiger partial charge in [0.25, 0.3) is 0 Å². The number of methoxy groups -OCH3 is 1. The Morgan fingerprint density at radius 1 is 1.10 bits per heavy atom. The van der Waals surface area contributed by atoms with Crippen LogP contribution in [0.4, 0.5) is 5.69 Å². The van der Waals surface area contributed by atoms with E-state index >= 15 is 0 Å². The van der Waals surface area contributed by atoms with Crippen LogP contribution in [0.1, 0.15) is 21.5 Å². The Hall–Kier alpha value is -2.00. The van der Waals surface area contributed by atoms with E-state index in [0.29, 0.717) is 5.56 Å². The van der Waals surface area contributed by atoms with Crippen LogP contribution in [0.25, 0.3) is 0 Å². The van der Waals surface area contributed by atoms with Gasteiger partial charge in [-0.3, -0.25) is 0 Å². The van der Waals surface area contributed by atoms with Crippen molar-refractivity contribution >= 4 is 23.3 Å². The van der Waals surface area contributed by atoms with Gasteiger partial charge >= 0.3 is 5.97 Å². The minimum atomic E-state index is -0.294. The third kappa shape index (κ3) is 2.37. The van der Waals surface area contributed by atoms with Crippen LogP contribution in [0.5, 0.6) is 0 Å². The summed E-state index contributed by atoms with van der Waals surface area (Å²) >= 11 is 5.91. The molecule has 2 aromatic rings. The molecule has 102 valence electrons. The standard InChI is InChI=1S/C16H14ClNO2/c1-20-16(19)11-2-3-12-9-18(10-13(12)8-11)15-6-4-14(17)5-7-15/h2-8H,9-10H2,1H3. The Morgan fingerprint density at radius 2 is 1.80 bits per heavy atom. The van der Waals surface area contributed by atoms with Crippen LogP contribution in [-0.4, -0.2) is 13.1 Å². The SMILES string of the molecule is COC(=O)c1ccc2c(c1)CN(c1ccc(Cl)cc1)C2. The smallest absolute Gasteiger partial charge is 0.337 e. The first-order valence-corrected chi connectivity index (χ1v) is 6.76. The number of halogens is 1. The highest BCUT2D eigenvalue weighted by molar-refractivity contribution is 6.30. The van der Waals surface area contributed by atoms with Gasteiger partial charge in [-0.05, 0) is 47.5 Å². The van der Waals surface area contributed by atoms with E-state index in [0.717, 1.165) is 23.8 Å². The lowest BCUT2D eigenvalue weighted by molar-refractivity contribution is 0.0600. The number of esters is 1. The number of rotatable bonds is 2. The third-order valence-corrected chi connectivity index (χ3v) is 3.79. The summed E-state index contributed by atoms with van der Waals surface area (Å²) in [4.78, 5) is 13.8. The lowest BCUT2D eigenvalue weighted by Crippen LogP contribution is -2.14. The fourth-order valence-electron chi connectivity index (χ4n) is 2.47. The molecule has 1 aliphatic heterocycles. The fraction of sp³-hybridized carbons (Fsp3) is 0.188. The van der Waals surface area contributed by atoms with Crippen LogP contribution in [-0.2, 0) is 17.8 Å². The summed E-state index contributed by atoms with van der Waals surface area (Å²) in [6.45, 7) is 1.64. The molecule has 0 unspecified atom stereocenters. The molecule has 0 spiro atoms. The number of carbonyl (C=O) groups is 1. The van der Waals surface area contributed by atoms with E-state index in [4.69, 9.17) is 16.3 Å². The number of fused-ring (bicyclic) bond motifs is 1. The summed E-state index contributed by atoms with van der Waals surface area (Å²) < 4.78 is 4.75. The first-order chi connectivity index (χ1) is 9.67. The van der Waals surface area contributed by atoms with Crippen LogP contribution < -0.4 is 4.90 Å². The van der Waals surface area contributed by atoms with Crippen molar-refractivity contribution in [3.63, 3.8) is 0 Å². The zero-order chi connectivity index (χ0) is 14.1. The molecule has 0 saturated carbocycles. The van der Waals surface area contributed by atoms with Gasteiger partial charge in [-0.1, -0.05) is 17.7 Å². The highest BCUT2D eigenvalue weighted by Crippen LogP contribution is 2.29. The van der Waals surface area contributed by atoms with E-state index in [-0.39, 0.29) is 5.97 Å². The highest BCUT2D eigenvalue weighted by Gasteiger charge is 2.20. The summed E-state index contributed by atoms with van der Waals surface area (Å²) in [5, 5.41) is 0.735. The minimum absolute atomic E-state index is 0.294. The number of hydrogen-bond acceptors (Lipinski definition) is 3. The van der Waals surface area contributed by atoms with Gasteiger partial charge in [0, 0.05) is 23.8 Å². The lowest BCUT2D eigenvalue weighted by atomic mass is 10.1. The Kier molecular flexibility index (Phi) is 3.36. The molecular weight excluding hydrogens is 274 g/mol. The van der Waals surface area contributed by atoms with E-state index in [1.54, 1.807) is 0 Å². The van der Waals surface area contributed by atoms with Crippen LogP contribution in [0, 0.1) is 0 Å². The molecular formula is C16H14ClNO2. The normalized spacial score (nSPS) is 13.2. The molecule has 2 aromatic carbocycles. The summed E-state index contributed by atoms with van der Waals surface area (Å²) in [7, 11) is 1.40. The number of carbonyl (C=O) groups excluding carboxylic acids is 1. The molecule has 0 fully saturated rings. The van der Waals surface area contributed by atoms with Crippen LogP contribution in [0.3, 0.4) is 0 Å². The van der Waals surface area contributed by atoms with Crippen molar-refractivity contribution in [1.82, 2.24) is 0 Å². The van der Waals surface area contributed by atoms with Crippen molar-refractivity contribution in [2.45, 2.75) is 13.1 Å². The van der Waals surface area contributed by atoms with Crippen molar-refractivity contribution < 1.29 is 9.53 Å². The predicted molar refractivity (Wildman–Crippen MR) is 79.1 cm³/mol. The van der Waals surface area contributed by atoms with Gasteiger partial charge in [-0.15, -0.1) is 0 Å². The number of hydrogen-bond donors (Lipinski definition) is 0. The Morgan fingerprint density at radius 3 is 2.50 bits per heavy atom. The Bertz CT molecular complexity index is 652. The van der Waals surface area contributed by atoms with Crippen molar-refractivity contribution in [3.05, 3.63) is 64.2 Å². The summed E-state index contributed by atoms with van der Waals surface area (Å²) in [6, 6.07) is 13.5. The summed E-state index contributed by atoms with van der Waals surface area (Å²) in [5.74, 6) is -0.294. The van der Waals surface area contributed by atoms with Gasteiger partial charge in [0.2, 0.25) is 0 Å². The van der Waals surface area contributed by atoms with E-state index in [1.165, 1.54) is 18.2 Å². The van der Waals surface area contributed by atoms with E-state index in [1.807, 2.05) is 42.5 Å². The molecule has 3 rings (SSSR count). The average Bonchev–Trinajstić information content (AvgIpc) is 2.90. The van der Waals surface area contributed by atoms with Crippen LogP contribution >= 0.6 is 11.6 Å². The maximum Gasteiger partial charge on any atom is 0.337 e. The molecule has 0 saturated heterocycles. The van der Waals surface area contributed by atoms with Gasteiger partial charge < -0.3 is 9.64 Å². The average molecular weight is 288 g/mol. The number of nitrogens with zero attached hydrogens (tertiary/aromatic N) is 1. The van der Waals surface area contributed by atoms with Gasteiger partial charge in [0.1, 0.15) is 0 Å². The summed E-state index contributed by atoms with van der Waals surface area (Å²) in [6.07, 6.45) is 0. The molecule has 0 radical (unpaired) electrons. The maximum absolute atomic E-state index is 11.6. The van der Waals surface area contributed by atoms with Crippen molar-refractivity contribution in [2.75, 3.05) is 12.0 Å². The number of benzene rings is 2. The zero-order valence-corrected chi connectivity index (χ0v) is 11.9. The van der Waals surface area contributed by atoms with E-state index in [2.05, 4.69) is 4.90 Å². The van der Waals surface area contributed by atoms with Crippen molar-refractivity contribution in [3.8, 4) is 0 Å². The van der Waals surface area contributed by atoms with Gasteiger partial charge in [-0.2, -0.15) is 0 Å². The first-order valence-electron chi connectivity index (χ1n) is 6.38. The van der Waals surface area contributed by atoms with Gasteiger partial charge in [-0.25, -0.2) is 4.79 Å². The predicted octanol–water partition coefficient (Wildman–Crippen LogP) is 3.65. The molecule has 0 bridgehead atoms. The highest BCUT2D eigenvalue weighted by atomic mass is 35.5. The molecule has 0 N–H and O–H groups in total. The first kappa shape index (κ1) is 13.0. The molecule has 0 aliphatic carbocycles. The second-order valence-corrected chi connectivity index (χ2v) is 5.24. The lowest BCUT2D eigenvalue weighted by Gasteiger charge is -2.17. The molecule has 1 aliphatic rings. The van der Waals surface area contributed by atoms with Gasteiger partial charge in [0.15, 0.2) is 0 Å². The quantitative estimate of drug-likeness (QED) is 0.790. The second-order valence-electron chi connectivity index (χ2n) is 4.81. The Labute approximate surface area is 122 Å². The number of anilines is 1. The zero-order valence-electron chi connectivity index (χ0n) is 11.1. The third-order valence-electron chi connectivity index (χ3n) is 3.54. The summed E-state index contributed by atoms with van der Waals surface area (Å²) in [5.41, 5.74) is 4.14. The maximum atomic E-state index is 11.6. The van der Waals surface area contributed by atoms with Crippen LogP contribution in [0.2, 0.25) is 5.02 Å². The van der Waals surface area contributed by atoms with Crippen LogP contribution in [0.15, 0.2) is 42.5 Å². The number of ether oxygens (including phenoxy) is 1. The largest absolute Gasteiger partial charge is 0.465 e. The fourth-order valence-corrected chi connectivity index (χ4v) is 2.60. The molecule has 20 heavy (non-hydrogen) atoms. The molecule has 4 heteroatoms. The minimum Gasteiger partial charge on any atom is -0.465 e. The van der Waals surface area contributed by atoms with E-state index in [9.17, 15) is 4.79 Å².